The number of nitrogens with zero attached hydrogens (tertiary/aromatic N) is 2. The van der Waals surface area contributed by atoms with Crippen LogP contribution in [0.15, 0.2) is 18.2 Å². The SMILES string of the molecule is CCC(CO)NC(=O)[C@@H]1CC2c3cccc4c3c(c(C(F)(F)F)n4C)C[C@H]2N(C)C1. The van der Waals surface area contributed by atoms with Gasteiger partial charge in [-0.25, -0.2) is 0 Å². The number of hydrogen-bond acceptors (Lipinski definition) is 3. The first-order valence-corrected chi connectivity index (χ1v) is 10.5. The fraction of sp³-hybridized carbons (Fsp3) is 0.591. The molecule has 164 valence electrons. The van der Waals surface area contributed by atoms with Crippen molar-refractivity contribution in [1.82, 2.24) is 14.8 Å². The molecule has 0 saturated carbocycles. The minimum absolute atomic E-state index is 0.00612. The molecule has 1 saturated heterocycles. The van der Waals surface area contributed by atoms with Crippen LogP contribution < -0.4 is 5.32 Å². The molecule has 1 fully saturated rings. The van der Waals surface area contributed by atoms with Crippen LogP contribution in [0.2, 0.25) is 0 Å². The summed E-state index contributed by atoms with van der Waals surface area (Å²) in [6.45, 7) is 2.29. The van der Waals surface area contributed by atoms with Crippen molar-refractivity contribution in [3.63, 3.8) is 0 Å². The van der Waals surface area contributed by atoms with Crippen molar-refractivity contribution >= 4 is 16.8 Å². The zero-order valence-electron chi connectivity index (χ0n) is 17.5. The fourth-order valence-electron chi connectivity index (χ4n) is 5.43. The van der Waals surface area contributed by atoms with Crippen molar-refractivity contribution in [1.29, 1.82) is 0 Å². The molecule has 30 heavy (non-hydrogen) atoms. The lowest BCUT2D eigenvalue weighted by atomic mass is 9.72. The summed E-state index contributed by atoms with van der Waals surface area (Å²) in [6, 6.07) is 5.12. The van der Waals surface area contributed by atoms with Crippen molar-refractivity contribution in [2.24, 2.45) is 13.0 Å². The van der Waals surface area contributed by atoms with Crippen LogP contribution >= 0.6 is 0 Å². The molecule has 1 amide bonds. The van der Waals surface area contributed by atoms with E-state index in [0.717, 1.165) is 5.56 Å². The minimum atomic E-state index is -4.41. The third kappa shape index (κ3) is 3.30. The van der Waals surface area contributed by atoms with Crippen molar-refractivity contribution in [3.8, 4) is 0 Å². The number of hydrogen-bond donors (Lipinski definition) is 2. The molecule has 1 aliphatic carbocycles. The number of piperidine rings is 1. The van der Waals surface area contributed by atoms with E-state index in [1.54, 1.807) is 6.07 Å². The molecular weight excluding hydrogens is 395 g/mol. The molecule has 1 aliphatic heterocycles. The molecule has 2 heterocycles. The first-order valence-electron chi connectivity index (χ1n) is 10.5. The number of carbonyl (C=O) groups excluding carboxylic acids is 1. The number of amides is 1. The molecule has 0 radical (unpaired) electrons. The lowest BCUT2D eigenvalue weighted by Gasteiger charge is -2.45. The van der Waals surface area contributed by atoms with Crippen LogP contribution in [-0.4, -0.2) is 52.8 Å². The van der Waals surface area contributed by atoms with Gasteiger partial charge < -0.3 is 19.9 Å². The summed E-state index contributed by atoms with van der Waals surface area (Å²) in [5.74, 6) is -0.365. The number of aliphatic hydroxyl groups is 1. The smallest absolute Gasteiger partial charge is 0.394 e. The Morgan fingerprint density at radius 3 is 2.70 bits per heavy atom. The van der Waals surface area contributed by atoms with Crippen LogP contribution in [0.25, 0.3) is 10.9 Å². The highest BCUT2D eigenvalue weighted by Gasteiger charge is 2.46. The highest BCUT2D eigenvalue weighted by atomic mass is 19.4. The Balaban J connectivity index is 1.74. The van der Waals surface area contributed by atoms with Crippen molar-refractivity contribution in [3.05, 3.63) is 35.0 Å². The second-order valence-corrected chi connectivity index (χ2v) is 8.67. The van der Waals surface area contributed by atoms with Gasteiger partial charge in [-0.3, -0.25) is 4.79 Å². The molecule has 2 aromatic rings. The third-order valence-electron chi connectivity index (χ3n) is 6.95. The fourth-order valence-corrected chi connectivity index (χ4v) is 5.43. The molecular formula is C22H28F3N3O2. The quantitative estimate of drug-likeness (QED) is 0.795. The number of nitrogens with one attached hydrogen (secondary N) is 1. The Morgan fingerprint density at radius 2 is 2.07 bits per heavy atom. The van der Waals surface area contributed by atoms with E-state index in [4.69, 9.17) is 0 Å². The van der Waals surface area contributed by atoms with Gasteiger partial charge in [0.1, 0.15) is 5.69 Å². The molecule has 1 aromatic carbocycles. The molecule has 0 spiro atoms. The largest absolute Gasteiger partial charge is 0.431 e. The molecule has 2 unspecified atom stereocenters. The molecule has 2 N–H and O–H groups in total. The standard InChI is InChI=1S/C22H28F3N3O2/c1-4-13(11-29)26-21(30)12-8-15-14-6-5-7-17-19(14)16(9-18(15)27(2)10-12)20(28(17)3)22(23,24)25/h5-7,12-13,15,18,29H,4,8-11H2,1-3H3,(H,26,30)/t12-,13?,15?,18-/m1/s1. The van der Waals surface area contributed by atoms with Gasteiger partial charge >= 0.3 is 6.18 Å². The van der Waals surface area contributed by atoms with E-state index in [1.165, 1.54) is 11.6 Å². The van der Waals surface area contributed by atoms with Gasteiger partial charge in [-0.2, -0.15) is 13.2 Å². The van der Waals surface area contributed by atoms with Crippen molar-refractivity contribution in [2.45, 2.75) is 50.4 Å². The Morgan fingerprint density at radius 1 is 1.33 bits per heavy atom. The summed E-state index contributed by atoms with van der Waals surface area (Å²) in [5, 5.41) is 13.0. The Labute approximate surface area is 173 Å². The Kier molecular flexibility index (Phi) is 5.34. The van der Waals surface area contributed by atoms with E-state index >= 15 is 0 Å². The topological polar surface area (TPSA) is 57.5 Å². The normalized spacial score (nSPS) is 25.2. The average Bonchev–Trinajstić information content (AvgIpc) is 2.99. The van der Waals surface area contributed by atoms with Crippen LogP contribution in [0.4, 0.5) is 13.2 Å². The van der Waals surface area contributed by atoms with Gasteiger partial charge in [0.15, 0.2) is 0 Å². The maximum Gasteiger partial charge on any atom is 0.431 e. The van der Waals surface area contributed by atoms with Crippen LogP contribution in [-0.2, 0) is 24.4 Å². The lowest BCUT2D eigenvalue weighted by Crippen LogP contribution is -2.52. The number of carbonyl (C=O) groups is 1. The number of aliphatic hydroxyl groups excluding tert-OH is 1. The average molecular weight is 423 g/mol. The monoisotopic (exact) mass is 423 g/mol. The summed E-state index contributed by atoms with van der Waals surface area (Å²) < 4.78 is 42.8. The van der Waals surface area contributed by atoms with Crippen LogP contribution in [0.3, 0.4) is 0 Å². The third-order valence-corrected chi connectivity index (χ3v) is 6.95. The van der Waals surface area contributed by atoms with Gasteiger partial charge in [0.2, 0.25) is 5.91 Å². The van der Waals surface area contributed by atoms with Gasteiger partial charge in [-0.05, 0) is 43.5 Å². The number of rotatable bonds is 4. The maximum absolute atomic E-state index is 13.9. The number of fused-ring (bicyclic) bond motifs is 2. The lowest BCUT2D eigenvalue weighted by molar-refractivity contribution is -0.143. The minimum Gasteiger partial charge on any atom is -0.394 e. The van der Waals surface area contributed by atoms with E-state index in [1.807, 2.05) is 31.0 Å². The second kappa shape index (κ2) is 7.57. The van der Waals surface area contributed by atoms with Gasteiger partial charge in [-0.15, -0.1) is 0 Å². The predicted molar refractivity (Wildman–Crippen MR) is 108 cm³/mol. The summed E-state index contributed by atoms with van der Waals surface area (Å²) >= 11 is 0. The van der Waals surface area contributed by atoms with Crippen LogP contribution in [0.5, 0.6) is 0 Å². The van der Waals surface area contributed by atoms with E-state index in [9.17, 15) is 23.1 Å². The molecule has 5 nitrogen and oxygen atoms in total. The Bertz CT molecular complexity index is 965. The highest BCUT2D eigenvalue weighted by molar-refractivity contribution is 5.91. The summed E-state index contributed by atoms with van der Waals surface area (Å²) in [4.78, 5) is 14.9. The number of benzene rings is 1. The molecule has 8 heteroatoms. The molecule has 4 atom stereocenters. The van der Waals surface area contributed by atoms with Gasteiger partial charge in [0.05, 0.1) is 18.6 Å². The second-order valence-electron chi connectivity index (χ2n) is 8.67. The van der Waals surface area contributed by atoms with Crippen molar-refractivity contribution < 1.29 is 23.1 Å². The number of likely N-dealkylation sites (N-methyl/N-ethyl adjacent to an activating group) is 1. The number of aromatic nitrogens is 1. The molecule has 2 aliphatic rings. The summed E-state index contributed by atoms with van der Waals surface area (Å²) in [7, 11) is 3.37. The van der Waals surface area contributed by atoms with E-state index in [0.29, 0.717) is 42.3 Å². The first kappa shape index (κ1) is 21.2. The molecule has 1 aromatic heterocycles. The number of alkyl halides is 3. The highest BCUT2D eigenvalue weighted by Crippen LogP contribution is 2.48. The van der Waals surface area contributed by atoms with E-state index in [-0.39, 0.29) is 36.4 Å². The molecule has 0 bridgehead atoms. The van der Waals surface area contributed by atoms with Gasteiger partial charge in [-0.1, -0.05) is 19.1 Å². The van der Waals surface area contributed by atoms with Gasteiger partial charge in [0.25, 0.3) is 0 Å². The summed E-state index contributed by atoms with van der Waals surface area (Å²) in [6.07, 6.45) is -2.85. The van der Waals surface area contributed by atoms with Crippen molar-refractivity contribution in [2.75, 3.05) is 20.2 Å². The predicted octanol–water partition coefficient (Wildman–Crippen LogP) is 3.04. The van der Waals surface area contributed by atoms with Gasteiger partial charge in [0, 0.05) is 36.5 Å². The number of halogens is 3. The molecule has 4 rings (SSSR count). The van der Waals surface area contributed by atoms with E-state index < -0.39 is 11.9 Å². The Hall–Kier alpha value is -2.06. The first-order chi connectivity index (χ1) is 14.2. The van der Waals surface area contributed by atoms with Crippen LogP contribution in [0.1, 0.15) is 42.5 Å². The number of likely N-dealkylation sites (tertiary alicyclic amines) is 1. The maximum atomic E-state index is 13.9. The summed E-state index contributed by atoms with van der Waals surface area (Å²) in [5.41, 5.74) is 1.31. The van der Waals surface area contributed by atoms with E-state index in [2.05, 4.69) is 5.32 Å². The number of aryl methyl sites for hydroxylation is 1. The zero-order valence-corrected chi connectivity index (χ0v) is 17.5. The van der Waals surface area contributed by atoms with Crippen LogP contribution in [0, 0.1) is 5.92 Å². The zero-order chi connectivity index (χ0) is 21.8.